The molecule has 3 aromatic rings. The molecule has 0 bridgehead atoms. The number of ether oxygens (including phenoxy) is 2. The summed E-state index contributed by atoms with van der Waals surface area (Å²) < 4.78 is 11.8. The number of rotatable bonds is 7. The van der Waals surface area contributed by atoms with Crippen LogP contribution in [-0.4, -0.2) is 32.3 Å². The first-order valence-corrected chi connectivity index (χ1v) is 12.7. The first-order valence-electron chi connectivity index (χ1n) is 12.7. The number of hydrogen-bond donors (Lipinski definition) is 0. The van der Waals surface area contributed by atoms with Crippen LogP contribution in [0.15, 0.2) is 78.9 Å². The Morgan fingerprint density at radius 3 is 2.14 bits per heavy atom. The van der Waals surface area contributed by atoms with Gasteiger partial charge in [0.05, 0.1) is 6.61 Å². The van der Waals surface area contributed by atoms with Crippen molar-refractivity contribution < 1.29 is 14.3 Å². The highest BCUT2D eigenvalue weighted by atomic mass is 16.7. The molecular weight excluding hydrogens is 434 g/mol. The Balaban J connectivity index is 1.38. The van der Waals surface area contributed by atoms with E-state index in [1.54, 1.807) is 0 Å². The minimum absolute atomic E-state index is 0.141. The van der Waals surface area contributed by atoms with E-state index < -0.39 is 0 Å². The zero-order chi connectivity index (χ0) is 23.9. The number of hydrogen-bond acceptors (Lipinski definition) is 4. The van der Waals surface area contributed by atoms with Crippen molar-refractivity contribution in [3.05, 3.63) is 95.6 Å². The van der Waals surface area contributed by atoms with Crippen LogP contribution in [0, 0.1) is 5.92 Å². The van der Waals surface area contributed by atoms with E-state index in [2.05, 4.69) is 71.6 Å². The van der Waals surface area contributed by atoms with Crippen LogP contribution >= 0.6 is 0 Å². The maximum absolute atomic E-state index is 11.1. The minimum atomic E-state index is -0.141. The average Bonchev–Trinajstić information content (AvgIpc) is 2.94. The van der Waals surface area contributed by atoms with Gasteiger partial charge in [0.1, 0.15) is 12.0 Å². The minimum Gasteiger partial charge on any atom is -0.465 e. The van der Waals surface area contributed by atoms with Crippen LogP contribution in [0.5, 0.6) is 5.75 Å². The number of nitrogens with zero attached hydrogens (tertiary/aromatic N) is 1. The van der Waals surface area contributed by atoms with Gasteiger partial charge in [-0.1, -0.05) is 54.6 Å². The van der Waals surface area contributed by atoms with Crippen molar-refractivity contribution in [1.82, 2.24) is 0 Å². The predicted octanol–water partition coefficient (Wildman–Crippen LogP) is 6.60. The van der Waals surface area contributed by atoms with Crippen LogP contribution in [0.1, 0.15) is 48.8 Å². The van der Waals surface area contributed by atoms with Crippen molar-refractivity contribution in [1.29, 1.82) is 0 Å². The standard InChI is InChI=1S/C31H33NO3/c33-23-25-17-19-32(20-18-25)28-13-9-26(10-14-28)30(22-24-6-2-1-3-7-24)27-11-15-29(16-12-27)35-31-8-4-5-21-34-31/h1-3,6-7,9-16,22-23,25,31H,4-5,8,17-21H2/b30-22+. The molecule has 0 radical (unpaired) electrons. The summed E-state index contributed by atoms with van der Waals surface area (Å²) in [7, 11) is 0. The zero-order valence-electron chi connectivity index (χ0n) is 20.1. The molecule has 4 heteroatoms. The highest BCUT2D eigenvalue weighted by Gasteiger charge is 2.19. The van der Waals surface area contributed by atoms with Gasteiger partial charge in [-0.3, -0.25) is 0 Å². The fourth-order valence-corrected chi connectivity index (χ4v) is 4.86. The first-order chi connectivity index (χ1) is 17.3. The van der Waals surface area contributed by atoms with E-state index >= 15 is 0 Å². The lowest BCUT2D eigenvalue weighted by Crippen LogP contribution is -2.34. The van der Waals surface area contributed by atoms with Gasteiger partial charge in [-0.25, -0.2) is 0 Å². The predicted molar refractivity (Wildman–Crippen MR) is 142 cm³/mol. The van der Waals surface area contributed by atoms with Gasteiger partial charge in [-0.05, 0) is 78.3 Å². The molecule has 2 fully saturated rings. The quantitative estimate of drug-likeness (QED) is 0.290. The number of carbonyl (C=O) groups excluding carboxylic acids is 1. The average molecular weight is 468 g/mol. The van der Waals surface area contributed by atoms with Gasteiger partial charge in [0.25, 0.3) is 0 Å². The fourth-order valence-electron chi connectivity index (χ4n) is 4.86. The molecule has 2 heterocycles. The third kappa shape index (κ3) is 6.01. The lowest BCUT2D eigenvalue weighted by Gasteiger charge is -2.31. The normalized spacial score (nSPS) is 19.4. The van der Waals surface area contributed by atoms with E-state index in [4.69, 9.17) is 9.47 Å². The second-order valence-corrected chi connectivity index (χ2v) is 9.41. The summed E-state index contributed by atoms with van der Waals surface area (Å²) in [6, 6.07) is 27.6. The molecule has 3 aromatic carbocycles. The van der Waals surface area contributed by atoms with Gasteiger partial charge in [0, 0.05) is 31.1 Å². The third-order valence-corrected chi connectivity index (χ3v) is 6.96. The SMILES string of the molecule is O=CC1CCN(c2ccc(/C(=C\c3ccccc3)c3ccc(OC4CCCCO4)cc3)cc2)CC1. The molecule has 35 heavy (non-hydrogen) atoms. The van der Waals surface area contributed by atoms with Crippen LogP contribution in [0.3, 0.4) is 0 Å². The maximum Gasteiger partial charge on any atom is 0.199 e. The highest BCUT2D eigenvalue weighted by Crippen LogP contribution is 2.31. The van der Waals surface area contributed by atoms with Gasteiger partial charge in [-0.15, -0.1) is 0 Å². The van der Waals surface area contributed by atoms with E-state index in [9.17, 15) is 4.79 Å². The Labute approximate surface area is 208 Å². The summed E-state index contributed by atoms with van der Waals surface area (Å²) in [6.07, 6.45) is 8.29. The summed E-state index contributed by atoms with van der Waals surface area (Å²) in [4.78, 5) is 13.5. The Bertz CT molecular complexity index is 1110. The molecule has 0 saturated carbocycles. The molecule has 0 aromatic heterocycles. The number of anilines is 1. The Hall–Kier alpha value is -3.37. The van der Waals surface area contributed by atoms with E-state index in [1.165, 1.54) is 22.4 Å². The Morgan fingerprint density at radius 1 is 0.829 bits per heavy atom. The smallest absolute Gasteiger partial charge is 0.199 e. The molecule has 2 aliphatic rings. The molecule has 0 aliphatic carbocycles. The number of piperidine rings is 1. The van der Waals surface area contributed by atoms with Crippen molar-refractivity contribution in [2.24, 2.45) is 5.92 Å². The molecule has 180 valence electrons. The molecule has 1 atom stereocenters. The summed E-state index contributed by atoms with van der Waals surface area (Å²) in [5, 5.41) is 0. The molecule has 0 amide bonds. The number of aldehydes is 1. The summed E-state index contributed by atoms with van der Waals surface area (Å²) in [5.74, 6) is 1.05. The summed E-state index contributed by atoms with van der Waals surface area (Å²) in [6.45, 7) is 2.64. The molecule has 0 N–H and O–H groups in total. The molecule has 2 saturated heterocycles. The molecule has 4 nitrogen and oxygen atoms in total. The molecule has 2 aliphatic heterocycles. The van der Waals surface area contributed by atoms with Crippen molar-refractivity contribution in [2.75, 3.05) is 24.6 Å². The van der Waals surface area contributed by atoms with Crippen molar-refractivity contribution in [3.63, 3.8) is 0 Å². The van der Waals surface area contributed by atoms with Gasteiger partial charge in [0.2, 0.25) is 0 Å². The second kappa shape index (κ2) is 11.4. The number of benzene rings is 3. The first kappa shape index (κ1) is 23.4. The summed E-state index contributed by atoms with van der Waals surface area (Å²) in [5.41, 5.74) is 5.87. The van der Waals surface area contributed by atoms with Gasteiger partial charge < -0.3 is 19.2 Å². The van der Waals surface area contributed by atoms with Crippen LogP contribution in [0.4, 0.5) is 5.69 Å². The lowest BCUT2D eigenvalue weighted by molar-refractivity contribution is -0.111. The monoisotopic (exact) mass is 467 g/mol. The second-order valence-electron chi connectivity index (χ2n) is 9.41. The van der Waals surface area contributed by atoms with Crippen LogP contribution in [0.25, 0.3) is 11.6 Å². The summed E-state index contributed by atoms with van der Waals surface area (Å²) >= 11 is 0. The van der Waals surface area contributed by atoms with Gasteiger partial charge in [-0.2, -0.15) is 0 Å². The molecule has 5 rings (SSSR count). The van der Waals surface area contributed by atoms with Crippen LogP contribution in [-0.2, 0) is 9.53 Å². The van der Waals surface area contributed by atoms with E-state index in [1.807, 2.05) is 18.2 Å². The molecular formula is C31H33NO3. The topological polar surface area (TPSA) is 38.8 Å². The molecule has 1 unspecified atom stereocenters. The molecule has 0 spiro atoms. The Morgan fingerprint density at radius 2 is 1.51 bits per heavy atom. The van der Waals surface area contributed by atoms with E-state index in [0.717, 1.165) is 69.4 Å². The third-order valence-electron chi connectivity index (χ3n) is 6.96. The lowest BCUT2D eigenvalue weighted by atomic mass is 9.94. The van der Waals surface area contributed by atoms with Gasteiger partial charge >= 0.3 is 0 Å². The van der Waals surface area contributed by atoms with Gasteiger partial charge in [0.15, 0.2) is 6.29 Å². The zero-order valence-corrected chi connectivity index (χ0v) is 20.1. The Kier molecular flexibility index (Phi) is 7.59. The van der Waals surface area contributed by atoms with E-state index in [0.29, 0.717) is 0 Å². The highest BCUT2D eigenvalue weighted by molar-refractivity contribution is 5.91. The fraction of sp³-hybridized carbons (Fsp3) is 0.323. The maximum atomic E-state index is 11.1. The largest absolute Gasteiger partial charge is 0.465 e. The number of carbonyl (C=O) groups is 1. The van der Waals surface area contributed by atoms with Crippen molar-refractivity contribution >= 4 is 23.6 Å². The van der Waals surface area contributed by atoms with E-state index in [-0.39, 0.29) is 12.2 Å². The van der Waals surface area contributed by atoms with Crippen molar-refractivity contribution in [3.8, 4) is 5.75 Å². The van der Waals surface area contributed by atoms with Crippen LogP contribution in [0.2, 0.25) is 0 Å². The van der Waals surface area contributed by atoms with Crippen molar-refractivity contribution in [2.45, 2.75) is 38.4 Å². The van der Waals surface area contributed by atoms with Crippen LogP contribution < -0.4 is 9.64 Å².